The molecular formula is C28H45N3O2. The third-order valence-corrected chi connectivity index (χ3v) is 9.24. The molecule has 4 rings (SSSR count). The average molecular weight is 456 g/mol. The van der Waals surface area contributed by atoms with Crippen molar-refractivity contribution in [1.29, 1.82) is 0 Å². The molecule has 4 atom stereocenters. The van der Waals surface area contributed by atoms with Crippen LogP contribution in [0.4, 0.5) is 0 Å². The molecule has 5 heteroatoms. The Kier molecular flexibility index (Phi) is 7.50. The Balaban J connectivity index is 1.44. The van der Waals surface area contributed by atoms with Crippen molar-refractivity contribution in [2.45, 2.75) is 110 Å². The molecule has 3 fully saturated rings. The SMILES string of the molecule is CC1(O)CCC2(CCC(=O)NCc3cccnc3)C(NCC3CCCCC3)CC(C)(C)C2C1. The van der Waals surface area contributed by atoms with Crippen LogP contribution in [0, 0.1) is 22.7 Å². The second-order valence-electron chi connectivity index (χ2n) is 12.3. The first-order valence-corrected chi connectivity index (χ1v) is 13.3. The van der Waals surface area contributed by atoms with Crippen molar-refractivity contribution in [3.63, 3.8) is 0 Å². The number of pyridine rings is 1. The number of aliphatic hydroxyl groups is 1. The zero-order chi connectivity index (χ0) is 23.5. The number of nitrogens with one attached hydrogen (secondary N) is 2. The third kappa shape index (κ3) is 5.79. The van der Waals surface area contributed by atoms with E-state index >= 15 is 0 Å². The van der Waals surface area contributed by atoms with Crippen molar-refractivity contribution in [3.05, 3.63) is 30.1 Å². The Labute approximate surface area is 200 Å². The van der Waals surface area contributed by atoms with E-state index in [1.165, 1.54) is 32.1 Å². The molecule has 0 spiro atoms. The maximum absolute atomic E-state index is 12.8. The molecule has 3 aliphatic rings. The highest BCUT2D eigenvalue weighted by Crippen LogP contribution is 2.63. The zero-order valence-electron chi connectivity index (χ0n) is 21.0. The Morgan fingerprint density at radius 3 is 2.67 bits per heavy atom. The predicted molar refractivity (Wildman–Crippen MR) is 132 cm³/mol. The van der Waals surface area contributed by atoms with Gasteiger partial charge in [-0.05, 0) is 92.7 Å². The van der Waals surface area contributed by atoms with Crippen LogP contribution < -0.4 is 10.6 Å². The quantitative estimate of drug-likeness (QED) is 0.517. The van der Waals surface area contributed by atoms with E-state index in [-0.39, 0.29) is 16.7 Å². The van der Waals surface area contributed by atoms with Crippen molar-refractivity contribution in [1.82, 2.24) is 15.6 Å². The van der Waals surface area contributed by atoms with Crippen LogP contribution in [0.25, 0.3) is 0 Å². The second-order valence-corrected chi connectivity index (χ2v) is 12.3. The van der Waals surface area contributed by atoms with E-state index in [1.807, 2.05) is 25.3 Å². The molecule has 0 aromatic carbocycles. The molecule has 0 aliphatic heterocycles. The van der Waals surface area contributed by atoms with Crippen LogP contribution in [0.15, 0.2) is 24.5 Å². The lowest BCUT2D eigenvalue weighted by Gasteiger charge is -2.51. The number of hydrogen-bond acceptors (Lipinski definition) is 4. The Bertz CT molecular complexity index is 788. The fourth-order valence-corrected chi connectivity index (χ4v) is 7.35. The minimum atomic E-state index is -0.591. The number of hydrogen-bond donors (Lipinski definition) is 3. The smallest absolute Gasteiger partial charge is 0.220 e. The van der Waals surface area contributed by atoms with E-state index in [2.05, 4.69) is 29.5 Å². The number of nitrogens with zero attached hydrogens (tertiary/aromatic N) is 1. The van der Waals surface area contributed by atoms with Gasteiger partial charge < -0.3 is 15.7 Å². The van der Waals surface area contributed by atoms with E-state index in [1.54, 1.807) is 6.20 Å². The zero-order valence-corrected chi connectivity index (χ0v) is 21.0. The van der Waals surface area contributed by atoms with Crippen LogP contribution >= 0.6 is 0 Å². The summed E-state index contributed by atoms with van der Waals surface area (Å²) in [6.45, 7) is 8.43. The van der Waals surface area contributed by atoms with Gasteiger partial charge in [-0.25, -0.2) is 0 Å². The summed E-state index contributed by atoms with van der Waals surface area (Å²) in [5.74, 6) is 1.36. The van der Waals surface area contributed by atoms with Crippen LogP contribution in [0.1, 0.15) is 97.0 Å². The van der Waals surface area contributed by atoms with Gasteiger partial charge in [-0.2, -0.15) is 0 Å². The highest BCUT2D eigenvalue weighted by atomic mass is 16.3. The summed E-state index contributed by atoms with van der Waals surface area (Å²) < 4.78 is 0. The highest BCUT2D eigenvalue weighted by molar-refractivity contribution is 5.75. The van der Waals surface area contributed by atoms with Gasteiger partial charge in [0.15, 0.2) is 0 Å². The molecule has 1 heterocycles. The van der Waals surface area contributed by atoms with E-state index < -0.39 is 5.60 Å². The molecule has 3 saturated carbocycles. The van der Waals surface area contributed by atoms with Gasteiger partial charge in [0, 0.05) is 31.4 Å². The summed E-state index contributed by atoms with van der Waals surface area (Å²) in [5.41, 5.74) is 0.698. The molecular weight excluding hydrogens is 410 g/mol. The lowest BCUT2D eigenvalue weighted by Crippen LogP contribution is -2.52. The van der Waals surface area contributed by atoms with Gasteiger partial charge in [-0.3, -0.25) is 9.78 Å². The number of carbonyl (C=O) groups is 1. The topological polar surface area (TPSA) is 74.2 Å². The standard InChI is InChI=1S/C28H45N3O2/c1-26(2)17-24(30-19-21-8-5-4-6-9-21)28(14-13-27(3,33)16-23(26)28)12-11-25(32)31-20-22-10-7-15-29-18-22/h7,10,15,18,21,23-24,30,33H,4-6,8-9,11-14,16-17,19-20H2,1-3H3,(H,31,32). The summed E-state index contributed by atoms with van der Waals surface area (Å²) >= 11 is 0. The molecule has 1 amide bonds. The third-order valence-electron chi connectivity index (χ3n) is 9.24. The van der Waals surface area contributed by atoms with Crippen LogP contribution in [-0.4, -0.2) is 34.2 Å². The number of aromatic nitrogens is 1. The molecule has 0 saturated heterocycles. The molecule has 5 nitrogen and oxygen atoms in total. The molecule has 0 radical (unpaired) electrons. The molecule has 0 bridgehead atoms. The summed E-state index contributed by atoms with van der Waals surface area (Å²) in [6.07, 6.45) is 15.7. The summed E-state index contributed by atoms with van der Waals surface area (Å²) in [4.78, 5) is 17.0. The maximum Gasteiger partial charge on any atom is 0.220 e. The Morgan fingerprint density at radius 2 is 1.94 bits per heavy atom. The van der Waals surface area contributed by atoms with E-state index in [9.17, 15) is 9.90 Å². The van der Waals surface area contributed by atoms with E-state index in [0.29, 0.717) is 24.9 Å². The van der Waals surface area contributed by atoms with E-state index in [4.69, 9.17) is 0 Å². The summed E-state index contributed by atoms with van der Waals surface area (Å²) in [6, 6.07) is 4.33. The van der Waals surface area contributed by atoms with Crippen LogP contribution in [0.5, 0.6) is 0 Å². The molecule has 1 aromatic rings. The van der Waals surface area contributed by atoms with Crippen molar-refractivity contribution in [2.24, 2.45) is 22.7 Å². The Hall–Kier alpha value is -1.46. The fourth-order valence-electron chi connectivity index (χ4n) is 7.35. The lowest BCUT2D eigenvalue weighted by molar-refractivity contribution is -0.123. The lowest BCUT2D eigenvalue weighted by atomic mass is 9.57. The largest absolute Gasteiger partial charge is 0.390 e. The average Bonchev–Trinajstić information content (AvgIpc) is 3.02. The molecule has 1 aromatic heterocycles. The first kappa shape index (κ1) is 24.7. The minimum absolute atomic E-state index is 0.0893. The molecule has 3 N–H and O–H groups in total. The molecule has 4 unspecified atom stereocenters. The maximum atomic E-state index is 12.8. The summed E-state index contributed by atoms with van der Waals surface area (Å²) in [7, 11) is 0. The second kappa shape index (κ2) is 10.0. The first-order valence-electron chi connectivity index (χ1n) is 13.3. The van der Waals surface area contributed by atoms with Crippen LogP contribution in [0.2, 0.25) is 0 Å². The van der Waals surface area contributed by atoms with Crippen LogP contribution in [0.3, 0.4) is 0 Å². The predicted octanol–water partition coefficient (Wildman–Crippen LogP) is 4.98. The van der Waals surface area contributed by atoms with Gasteiger partial charge in [0.05, 0.1) is 5.60 Å². The van der Waals surface area contributed by atoms with Crippen molar-refractivity contribution in [3.8, 4) is 0 Å². The molecule has 3 aliphatic carbocycles. The molecule has 33 heavy (non-hydrogen) atoms. The number of carbonyl (C=O) groups excluding carboxylic acids is 1. The van der Waals surface area contributed by atoms with Gasteiger partial charge in [-0.15, -0.1) is 0 Å². The van der Waals surface area contributed by atoms with Gasteiger partial charge >= 0.3 is 0 Å². The van der Waals surface area contributed by atoms with Crippen LogP contribution in [-0.2, 0) is 11.3 Å². The highest BCUT2D eigenvalue weighted by Gasteiger charge is 2.61. The van der Waals surface area contributed by atoms with Gasteiger partial charge in [0.2, 0.25) is 5.91 Å². The normalized spacial score (nSPS) is 34.1. The minimum Gasteiger partial charge on any atom is -0.390 e. The number of rotatable bonds is 8. The van der Waals surface area contributed by atoms with Crippen molar-refractivity contribution >= 4 is 5.91 Å². The Morgan fingerprint density at radius 1 is 1.15 bits per heavy atom. The fraction of sp³-hybridized carbons (Fsp3) is 0.786. The first-order chi connectivity index (χ1) is 15.7. The van der Waals surface area contributed by atoms with Crippen molar-refractivity contribution < 1.29 is 9.90 Å². The monoisotopic (exact) mass is 455 g/mol. The molecule has 184 valence electrons. The number of amides is 1. The van der Waals surface area contributed by atoms with Crippen molar-refractivity contribution in [2.75, 3.05) is 6.54 Å². The van der Waals surface area contributed by atoms with Gasteiger partial charge in [-0.1, -0.05) is 39.2 Å². The summed E-state index contributed by atoms with van der Waals surface area (Å²) in [5, 5.41) is 18.1. The van der Waals surface area contributed by atoms with Gasteiger partial charge in [0.25, 0.3) is 0 Å². The number of fused-ring (bicyclic) bond motifs is 1. The van der Waals surface area contributed by atoms with Gasteiger partial charge in [0.1, 0.15) is 0 Å². The van der Waals surface area contributed by atoms with E-state index in [0.717, 1.165) is 50.1 Å².